The topological polar surface area (TPSA) is 102 Å². The Morgan fingerprint density at radius 3 is 1.96 bits per heavy atom. The van der Waals surface area contributed by atoms with Gasteiger partial charge in [0.2, 0.25) is 0 Å². The first kappa shape index (κ1) is 22.2. The number of carbonyl (C=O) groups excluding carboxylic acids is 2. The number of amides is 1. The van der Waals surface area contributed by atoms with Crippen molar-refractivity contribution >= 4 is 18.0 Å². The first-order valence-electron chi connectivity index (χ1n) is 8.42. The van der Waals surface area contributed by atoms with E-state index in [1.165, 1.54) is 0 Å². The van der Waals surface area contributed by atoms with Crippen molar-refractivity contribution in [3.8, 4) is 0 Å². The number of hydrogen-bond donors (Lipinski definition) is 2. The molecule has 7 heteroatoms. The summed E-state index contributed by atoms with van der Waals surface area (Å²) in [7, 11) is 0. The number of carbonyl (C=O) groups is 3. The van der Waals surface area contributed by atoms with Crippen molar-refractivity contribution in [3.05, 3.63) is 0 Å². The van der Waals surface area contributed by atoms with E-state index < -0.39 is 30.2 Å². The van der Waals surface area contributed by atoms with Crippen LogP contribution in [0.3, 0.4) is 0 Å². The van der Waals surface area contributed by atoms with Crippen molar-refractivity contribution in [1.82, 2.24) is 5.32 Å². The summed E-state index contributed by atoms with van der Waals surface area (Å²) in [4.78, 5) is 34.7. The van der Waals surface area contributed by atoms with Crippen LogP contribution in [0.2, 0.25) is 0 Å². The molecule has 0 aliphatic heterocycles. The fourth-order valence-electron chi connectivity index (χ4n) is 1.75. The van der Waals surface area contributed by atoms with Crippen LogP contribution in [0.5, 0.6) is 0 Å². The highest BCUT2D eigenvalue weighted by Crippen LogP contribution is 2.14. The standard InChI is InChI=1S/C17H31NO6/c1-10(2)7-8-13(14(19)20)9-18-17(22)24-16(12(5)6)23-15(21)11(3)4/h10-13,16H,7-9H2,1-6H3,(H,18,22)(H,19,20)/t13-,16-/m0/s1. The van der Waals surface area contributed by atoms with Gasteiger partial charge in [-0.15, -0.1) is 0 Å². The fraction of sp³-hybridized carbons (Fsp3) is 0.824. The third-order valence-electron chi connectivity index (χ3n) is 3.41. The van der Waals surface area contributed by atoms with Gasteiger partial charge in [0.15, 0.2) is 0 Å². The van der Waals surface area contributed by atoms with Gasteiger partial charge in [-0.3, -0.25) is 9.59 Å². The SMILES string of the molecule is CC(C)CC[C@@H](CNC(=O)O[C@H](OC(=O)C(C)C)C(C)C)C(=O)O. The summed E-state index contributed by atoms with van der Waals surface area (Å²) in [5.41, 5.74) is 0. The van der Waals surface area contributed by atoms with Crippen molar-refractivity contribution < 1.29 is 29.0 Å². The second-order valence-electron chi connectivity index (χ2n) is 7.00. The molecular formula is C17H31NO6. The Balaban J connectivity index is 4.50. The lowest BCUT2D eigenvalue weighted by Gasteiger charge is -2.23. The van der Waals surface area contributed by atoms with Crippen molar-refractivity contribution in [2.24, 2.45) is 23.7 Å². The van der Waals surface area contributed by atoms with Crippen LogP contribution in [0.25, 0.3) is 0 Å². The zero-order valence-electron chi connectivity index (χ0n) is 15.5. The van der Waals surface area contributed by atoms with E-state index in [0.29, 0.717) is 12.3 Å². The Labute approximate surface area is 144 Å². The summed E-state index contributed by atoms with van der Waals surface area (Å²) in [6.07, 6.45) is -0.558. The maximum Gasteiger partial charge on any atom is 0.410 e. The molecule has 0 fully saturated rings. The number of ether oxygens (including phenoxy) is 2. The summed E-state index contributed by atoms with van der Waals surface area (Å²) in [5.74, 6) is -2.24. The molecular weight excluding hydrogens is 314 g/mol. The zero-order valence-corrected chi connectivity index (χ0v) is 15.5. The highest BCUT2D eigenvalue weighted by Gasteiger charge is 2.25. The Bertz CT molecular complexity index is 419. The third-order valence-corrected chi connectivity index (χ3v) is 3.41. The van der Waals surface area contributed by atoms with Crippen molar-refractivity contribution in [2.75, 3.05) is 6.54 Å². The van der Waals surface area contributed by atoms with Crippen molar-refractivity contribution in [3.63, 3.8) is 0 Å². The molecule has 0 aromatic rings. The average molecular weight is 345 g/mol. The molecule has 0 unspecified atom stereocenters. The first-order chi connectivity index (χ1) is 11.0. The third kappa shape index (κ3) is 9.37. The second-order valence-corrected chi connectivity index (χ2v) is 7.00. The van der Waals surface area contributed by atoms with Crippen LogP contribution in [0.15, 0.2) is 0 Å². The highest BCUT2D eigenvalue weighted by molar-refractivity contribution is 5.73. The van der Waals surface area contributed by atoms with E-state index in [4.69, 9.17) is 9.47 Å². The predicted octanol–water partition coefficient (Wildman–Crippen LogP) is 3.03. The Morgan fingerprint density at radius 2 is 1.54 bits per heavy atom. The van der Waals surface area contributed by atoms with Crippen LogP contribution in [-0.4, -0.2) is 36.0 Å². The van der Waals surface area contributed by atoms with Gasteiger partial charge in [-0.25, -0.2) is 4.79 Å². The summed E-state index contributed by atoms with van der Waals surface area (Å²) in [5, 5.41) is 11.6. The lowest BCUT2D eigenvalue weighted by Crippen LogP contribution is -2.38. The first-order valence-corrected chi connectivity index (χ1v) is 8.42. The normalized spacial score (nSPS) is 13.7. The van der Waals surface area contributed by atoms with Gasteiger partial charge < -0.3 is 19.9 Å². The molecule has 2 atom stereocenters. The number of carboxylic acid groups (broad SMARTS) is 1. The maximum absolute atomic E-state index is 11.9. The monoisotopic (exact) mass is 345 g/mol. The van der Waals surface area contributed by atoms with Crippen molar-refractivity contribution in [1.29, 1.82) is 0 Å². The Hall–Kier alpha value is -1.79. The van der Waals surface area contributed by atoms with E-state index in [9.17, 15) is 19.5 Å². The summed E-state index contributed by atoms with van der Waals surface area (Å²) in [6, 6.07) is 0. The molecule has 0 radical (unpaired) electrons. The number of nitrogens with one attached hydrogen (secondary N) is 1. The van der Waals surface area contributed by atoms with E-state index in [2.05, 4.69) is 5.32 Å². The highest BCUT2D eigenvalue weighted by atomic mass is 16.7. The molecule has 2 N–H and O–H groups in total. The molecule has 24 heavy (non-hydrogen) atoms. The largest absolute Gasteiger partial charge is 0.481 e. The lowest BCUT2D eigenvalue weighted by atomic mass is 9.98. The molecule has 0 aromatic carbocycles. The smallest absolute Gasteiger partial charge is 0.410 e. The van der Waals surface area contributed by atoms with Crippen LogP contribution in [0.4, 0.5) is 4.79 Å². The number of hydrogen-bond acceptors (Lipinski definition) is 5. The molecule has 0 saturated carbocycles. The molecule has 0 spiro atoms. The van der Waals surface area contributed by atoms with Crippen molar-refractivity contribution in [2.45, 2.75) is 60.7 Å². The zero-order chi connectivity index (χ0) is 18.9. The van der Waals surface area contributed by atoms with Crippen LogP contribution in [0, 0.1) is 23.7 Å². The van der Waals surface area contributed by atoms with Crippen LogP contribution in [0.1, 0.15) is 54.4 Å². The molecule has 0 aliphatic carbocycles. The summed E-state index contributed by atoms with van der Waals surface area (Å²) < 4.78 is 10.2. The molecule has 0 saturated heterocycles. The van der Waals surface area contributed by atoms with Gasteiger partial charge in [-0.2, -0.15) is 0 Å². The van der Waals surface area contributed by atoms with E-state index in [1.54, 1.807) is 27.7 Å². The minimum absolute atomic E-state index is 0.0240. The van der Waals surface area contributed by atoms with Gasteiger partial charge in [0.05, 0.1) is 11.8 Å². The van der Waals surface area contributed by atoms with Crippen LogP contribution in [-0.2, 0) is 19.1 Å². The minimum atomic E-state index is -1.00. The Morgan fingerprint density at radius 1 is 0.958 bits per heavy atom. The van der Waals surface area contributed by atoms with Crippen LogP contribution >= 0.6 is 0 Å². The number of aliphatic carboxylic acids is 1. The summed E-state index contributed by atoms with van der Waals surface area (Å²) >= 11 is 0. The second kappa shape index (κ2) is 10.9. The van der Waals surface area contributed by atoms with E-state index in [0.717, 1.165) is 6.42 Å². The lowest BCUT2D eigenvalue weighted by molar-refractivity contribution is -0.178. The van der Waals surface area contributed by atoms with Gasteiger partial charge in [-0.1, -0.05) is 48.0 Å². The van der Waals surface area contributed by atoms with E-state index >= 15 is 0 Å². The number of esters is 1. The van der Waals surface area contributed by atoms with Crippen LogP contribution < -0.4 is 5.32 Å². The minimum Gasteiger partial charge on any atom is -0.481 e. The molecule has 0 aliphatic rings. The molecule has 0 aromatic heterocycles. The number of alkyl carbamates (subject to hydrolysis) is 1. The van der Waals surface area contributed by atoms with Gasteiger partial charge in [0, 0.05) is 12.5 Å². The fourth-order valence-corrected chi connectivity index (χ4v) is 1.75. The molecule has 0 heterocycles. The van der Waals surface area contributed by atoms with Gasteiger partial charge >= 0.3 is 18.0 Å². The maximum atomic E-state index is 11.9. The van der Waals surface area contributed by atoms with E-state index in [-0.39, 0.29) is 18.4 Å². The van der Waals surface area contributed by atoms with E-state index in [1.807, 2.05) is 13.8 Å². The molecule has 0 bridgehead atoms. The number of rotatable bonds is 10. The molecule has 0 rings (SSSR count). The molecule has 140 valence electrons. The van der Waals surface area contributed by atoms with Gasteiger partial charge in [-0.05, 0) is 12.3 Å². The Kier molecular flexibility index (Phi) is 10.1. The molecule has 1 amide bonds. The van der Waals surface area contributed by atoms with Gasteiger partial charge in [0.1, 0.15) is 0 Å². The van der Waals surface area contributed by atoms with Gasteiger partial charge in [0.25, 0.3) is 6.29 Å². The average Bonchev–Trinajstić information content (AvgIpc) is 2.45. The number of carboxylic acids is 1. The summed E-state index contributed by atoms with van der Waals surface area (Å²) in [6.45, 7) is 10.9. The predicted molar refractivity (Wildman–Crippen MR) is 89.2 cm³/mol. The molecule has 7 nitrogen and oxygen atoms in total. The quantitative estimate of drug-likeness (QED) is 0.466.